The first-order chi connectivity index (χ1) is 14.7. The summed E-state index contributed by atoms with van der Waals surface area (Å²) in [6.45, 7) is 4.24. The van der Waals surface area contributed by atoms with Crippen LogP contribution in [0.5, 0.6) is 5.75 Å². The summed E-state index contributed by atoms with van der Waals surface area (Å²) in [5.41, 5.74) is 2.56. The van der Waals surface area contributed by atoms with Crippen LogP contribution in [0.25, 0.3) is 0 Å². The maximum atomic E-state index is 6.41. The maximum Gasteiger partial charge on any atom is 0.119 e. The number of piperidine rings is 1. The summed E-state index contributed by atoms with van der Waals surface area (Å²) in [6.07, 6.45) is 11.5. The van der Waals surface area contributed by atoms with Crippen molar-refractivity contribution >= 4 is 17.3 Å². The van der Waals surface area contributed by atoms with Crippen molar-refractivity contribution in [3.05, 3.63) is 77.8 Å². The van der Waals surface area contributed by atoms with Crippen molar-refractivity contribution in [2.75, 3.05) is 11.4 Å². The van der Waals surface area contributed by atoms with Gasteiger partial charge in [0.05, 0.1) is 12.9 Å². The number of halogens is 1. The Morgan fingerprint density at radius 2 is 1.90 bits per heavy atom. The Hall–Kier alpha value is -2.46. The van der Waals surface area contributed by atoms with Gasteiger partial charge in [-0.1, -0.05) is 23.7 Å². The number of benzene rings is 2. The van der Waals surface area contributed by atoms with Crippen molar-refractivity contribution in [3.63, 3.8) is 0 Å². The van der Waals surface area contributed by atoms with Gasteiger partial charge in [0.1, 0.15) is 11.9 Å². The zero-order valence-corrected chi connectivity index (χ0v) is 18.3. The molecule has 0 aliphatic carbocycles. The molecule has 1 fully saturated rings. The van der Waals surface area contributed by atoms with Crippen LogP contribution in [0.3, 0.4) is 0 Å². The third-order valence-corrected chi connectivity index (χ3v) is 6.17. The number of rotatable bonds is 8. The van der Waals surface area contributed by atoms with Gasteiger partial charge in [0.2, 0.25) is 0 Å². The van der Waals surface area contributed by atoms with Gasteiger partial charge in [-0.2, -0.15) is 0 Å². The monoisotopic (exact) mass is 423 g/mol. The molecule has 2 heterocycles. The van der Waals surface area contributed by atoms with E-state index in [0.29, 0.717) is 6.04 Å². The van der Waals surface area contributed by atoms with E-state index in [2.05, 4.69) is 57.8 Å². The number of aryl methyl sites for hydroxylation is 1. The second-order valence-electron chi connectivity index (χ2n) is 8.20. The molecule has 1 aromatic heterocycles. The van der Waals surface area contributed by atoms with Gasteiger partial charge < -0.3 is 14.2 Å². The van der Waals surface area contributed by atoms with Crippen LogP contribution in [0, 0.1) is 0 Å². The van der Waals surface area contributed by atoms with Gasteiger partial charge in [-0.3, -0.25) is 0 Å². The zero-order chi connectivity index (χ0) is 20.8. The molecule has 1 aliphatic heterocycles. The largest absolute Gasteiger partial charge is 0.489 e. The van der Waals surface area contributed by atoms with Gasteiger partial charge in [0.25, 0.3) is 0 Å². The van der Waals surface area contributed by atoms with E-state index in [9.17, 15) is 0 Å². The molecule has 0 radical (unpaired) electrons. The number of anilines is 1. The highest BCUT2D eigenvalue weighted by molar-refractivity contribution is 6.30. The molecule has 30 heavy (non-hydrogen) atoms. The number of imidazole rings is 1. The first-order valence-electron chi connectivity index (χ1n) is 10.9. The van der Waals surface area contributed by atoms with Crippen LogP contribution >= 0.6 is 11.6 Å². The van der Waals surface area contributed by atoms with E-state index in [0.717, 1.165) is 36.7 Å². The third kappa shape index (κ3) is 5.57. The first-order valence-corrected chi connectivity index (χ1v) is 11.3. The van der Waals surface area contributed by atoms with Gasteiger partial charge in [-0.05, 0) is 81.0 Å². The normalized spacial score (nSPS) is 17.7. The Morgan fingerprint density at radius 1 is 1.10 bits per heavy atom. The van der Waals surface area contributed by atoms with Crippen LogP contribution in [-0.2, 0) is 13.0 Å². The smallest absolute Gasteiger partial charge is 0.119 e. The van der Waals surface area contributed by atoms with Crippen LogP contribution in [-0.4, -0.2) is 28.2 Å². The number of hydrogen-bond acceptors (Lipinski definition) is 3. The summed E-state index contributed by atoms with van der Waals surface area (Å²) in [5, 5.41) is 0.771. The minimum absolute atomic E-state index is 0.0645. The van der Waals surface area contributed by atoms with Gasteiger partial charge in [0, 0.05) is 35.7 Å². The summed E-state index contributed by atoms with van der Waals surface area (Å²) >= 11 is 6.02. The average Bonchev–Trinajstić information content (AvgIpc) is 3.27. The van der Waals surface area contributed by atoms with E-state index in [1.807, 2.05) is 30.9 Å². The average molecular weight is 424 g/mol. The molecule has 1 saturated heterocycles. The fourth-order valence-electron chi connectivity index (χ4n) is 4.19. The van der Waals surface area contributed by atoms with Crippen LogP contribution in [0.1, 0.15) is 38.2 Å². The highest BCUT2D eigenvalue weighted by atomic mass is 35.5. The van der Waals surface area contributed by atoms with E-state index in [-0.39, 0.29) is 6.10 Å². The fraction of sp³-hybridized carbons (Fsp3) is 0.400. The quantitative estimate of drug-likeness (QED) is 0.445. The summed E-state index contributed by atoms with van der Waals surface area (Å²) in [5.74, 6) is 0.921. The fourth-order valence-corrected chi connectivity index (χ4v) is 4.31. The van der Waals surface area contributed by atoms with Crippen molar-refractivity contribution in [1.29, 1.82) is 0 Å². The lowest BCUT2D eigenvalue weighted by molar-refractivity contribution is 0.170. The van der Waals surface area contributed by atoms with Crippen LogP contribution < -0.4 is 9.64 Å². The molecule has 2 aromatic carbocycles. The second-order valence-corrected chi connectivity index (χ2v) is 8.63. The third-order valence-electron chi connectivity index (χ3n) is 5.92. The van der Waals surface area contributed by atoms with Crippen LogP contribution in [0.2, 0.25) is 5.02 Å². The molecule has 0 bridgehead atoms. The van der Waals surface area contributed by atoms with Gasteiger partial charge in [0.15, 0.2) is 0 Å². The molecule has 4 nitrogen and oxygen atoms in total. The molecule has 3 aromatic rings. The molecule has 0 spiro atoms. The highest BCUT2D eigenvalue weighted by Crippen LogP contribution is 2.27. The van der Waals surface area contributed by atoms with E-state index >= 15 is 0 Å². The topological polar surface area (TPSA) is 30.3 Å². The predicted molar refractivity (Wildman–Crippen MR) is 124 cm³/mol. The Kier molecular flexibility index (Phi) is 6.96. The SMILES string of the molecule is CC1CCCCN1c1ccc(OC(CCc2ccc(Cl)cc2)Cn2ccnc2)cc1. The lowest BCUT2D eigenvalue weighted by Gasteiger charge is -2.35. The predicted octanol–water partition coefficient (Wildman–Crippen LogP) is 6.00. The van der Waals surface area contributed by atoms with E-state index in [1.165, 1.54) is 30.5 Å². The summed E-state index contributed by atoms with van der Waals surface area (Å²) in [7, 11) is 0. The van der Waals surface area contributed by atoms with Crippen molar-refractivity contribution in [2.24, 2.45) is 0 Å². The molecule has 4 rings (SSSR count). The Morgan fingerprint density at radius 3 is 2.60 bits per heavy atom. The summed E-state index contributed by atoms with van der Waals surface area (Å²) in [4.78, 5) is 6.68. The second kappa shape index (κ2) is 10.0. The first kappa shape index (κ1) is 20.8. The van der Waals surface area contributed by atoms with Gasteiger partial charge >= 0.3 is 0 Å². The lowest BCUT2D eigenvalue weighted by atomic mass is 10.0. The Labute approximate surface area is 184 Å². The van der Waals surface area contributed by atoms with E-state index in [4.69, 9.17) is 16.3 Å². The standard InChI is InChI=1S/C25H30ClN3O/c1-20-4-2-3-16-29(20)23-10-13-24(14-11-23)30-25(18-28-17-15-27-19-28)12-7-21-5-8-22(26)9-6-21/h5-6,8-11,13-15,17,19-20,25H,2-4,7,12,16,18H2,1H3. The molecule has 2 atom stereocenters. The maximum absolute atomic E-state index is 6.41. The summed E-state index contributed by atoms with van der Waals surface area (Å²) in [6, 6.07) is 17.3. The Balaban J connectivity index is 1.41. The number of ether oxygens (including phenoxy) is 1. The van der Waals surface area contributed by atoms with Gasteiger partial charge in [-0.25, -0.2) is 4.98 Å². The van der Waals surface area contributed by atoms with Crippen molar-refractivity contribution in [2.45, 2.75) is 57.7 Å². The molecular weight excluding hydrogens is 394 g/mol. The van der Waals surface area contributed by atoms with Gasteiger partial charge in [-0.15, -0.1) is 0 Å². The minimum Gasteiger partial charge on any atom is -0.489 e. The molecule has 0 N–H and O–H groups in total. The molecule has 158 valence electrons. The van der Waals surface area contributed by atoms with E-state index in [1.54, 1.807) is 0 Å². The molecule has 1 aliphatic rings. The number of hydrogen-bond donors (Lipinski definition) is 0. The van der Waals surface area contributed by atoms with Crippen LogP contribution in [0.15, 0.2) is 67.3 Å². The number of aromatic nitrogens is 2. The van der Waals surface area contributed by atoms with Crippen molar-refractivity contribution in [3.8, 4) is 5.75 Å². The van der Waals surface area contributed by atoms with Crippen LogP contribution in [0.4, 0.5) is 5.69 Å². The molecule has 0 saturated carbocycles. The molecule has 0 amide bonds. The minimum atomic E-state index is 0.0645. The van der Waals surface area contributed by atoms with Crippen molar-refractivity contribution < 1.29 is 4.74 Å². The molecular formula is C25H30ClN3O. The Bertz CT molecular complexity index is 893. The summed E-state index contributed by atoms with van der Waals surface area (Å²) < 4.78 is 8.49. The zero-order valence-electron chi connectivity index (χ0n) is 17.6. The molecule has 5 heteroatoms. The molecule has 2 unspecified atom stereocenters. The highest BCUT2D eigenvalue weighted by Gasteiger charge is 2.19. The lowest BCUT2D eigenvalue weighted by Crippen LogP contribution is -2.37. The van der Waals surface area contributed by atoms with E-state index < -0.39 is 0 Å². The van der Waals surface area contributed by atoms with Crippen molar-refractivity contribution in [1.82, 2.24) is 9.55 Å². The number of nitrogens with zero attached hydrogens (tertiary/aromatic N) is 3.